The Bertz CT molecular complexity index is 2160. The Hall–Kier alpha value is -6.35. The fraction of sp³-hybridized carbons (Fsp3) is 0.167. The monoisotopic (exact) mass is 676 g/mol. The van der Waals surface area contributed by atoms with Gasteiger partial charge in [-0.1, -0.05) is 91.0 Å². The number of hydrogen-bond donors (Lipinski definition) is 0. The van der Waals surface area contributed by atoms with Crippen molar-refractivity contribution < 1.29 is 28.8 Å². The van der Waals surface area contributed by atoms with Crippen molar-refractivity contribution in [1.82, 2.24) is 0 Å². The van der Waals surface area contributed by atoms with Crippen LogP contribution in [0.25, 0.3) is 11.1 Å². The average Bonchev–Trinajstić information content (AvgIpc) is 3.68. The first-order chi connectivity index (χ1) is 24.7. The van der Waals surface area contributed by atoms with Crippen LogP contribution >= 0.6 is 0 Å². The van der Waals surface area contributed by atoms with E-state index in [4.69, 9.17) is 9.47 Å². The first kappa shape index (κ1) is 31.9. The number of nitrogens with zero attached hydrogens (tertiary/aromatic N) is 2. The molecule has 51 heavy (non-hydrogen) atoms. The highest BCUT2D eigenvalue weighted by molar-refractivity contribution is 6.39. The minimum Gasteiger partial charge on any atom is -0.497 e. The zero-order chi connectivity index (χ0) is 35.7. The molecule has 8 rings (SSSR count). The first-order valence-corrected chi connectivity index (χ1v) is 16.5. The molecule has 2 aliphatic carbocycles. The molecule has 1 saturated heterocycles. The fourth-order valence-corrected chi connectivity index (χ4v) is 8.83. The van der Waals surface area contributed by atoms with Crippen LogP contribution in [0.15, 0.2) is 127 Å². The van der Waals surface area contributed by atoms with E-state index < -0.39 is 39.4 Å². The summed E-state index contributed by atoms with van der Waals surface area (Å²) in [6, 6.07) is 37.5. The van der Waals surface area contributed by atoms with E-state index in [-0.39, 0.29) is 17.2 Å². The predicted molar refractivity (Wildman–Crippen MR) is 191 cm³/mol. The number of imide groups is 1. The third-order valence-corrected chi connectivity index (χ3v) is 10.9. The summed E-state index contributed by atoms with van der Waals surface area (Å²) in [5.74, 6) is -2.54. The molecule has 2 bridgehead atoms. The van der Waals surface area contributed by atoms with Crippen LogP contribution < -0.4 is 14.4 Å². The van der Waals surface area contributed by atoms with E-state index in [2.05, 4.69) is 0 Å². The summed E-state index contributed by atoms with van der Waals surface area (Å²) < 4.78 is 11.0. The number of nitro groups is 1. The Morgan fingerprint density at radius 3 is 1.45 bits per heavy atom. The van der Waals surface area contributed by atoms with Gasteiger partial charge in [0.05, 0.1) is 47.5 Å². The number of allylic oxidation sites excluding steroid dienone is 2. The molecule has 2 fully saturated rings. The van der Waals surface area contributed by atoms with E-state index in [1.807, 2.05) is 109 Å². The summed E-state index contributed by atoms with van der Waals surface area (Å²) in [7, 11) is 3.15. The van der Waals surface area contributed by atoms with Crippen LogP contribution in [0.1, 0.15) is 27.8 Å². The number of anilines is 1. The van der Waals surface area contributed by atoms with Crippen molar-refractivity contribution in [3.05, 3.63) is 165 Å². The maximum atomic E-state index is 16.1. The molecule has 0 N–H and O–H groups in total. The number of amides is 2. The Balaban J connectivity index is 1.52. The zero-order valence-corrected chi connectivity index (χ0v) is 28.0. The van der Waals surface area contributed by atoms with Crippen LogP contribution in [0.2, 0.25) is 0 Å². The van der Waals surface area contributed by atoms with Gasteiger partial charge in [-0.25, -0.2) is 4.90 Å². The number of nitro benzene ring substituents is 1. The Kier molecular flexibility index (Phi) is 7.27. The van der Waals surface area contributed by atoms with Gasteiger partial charge in [0.25, 0.3) is 5.69 Å². The number of carbonyl (C=O) groups excluding carboxylic acids is 3. The highest BCUT2D eigenvalue weighted by atomic mass is 16.6. The van der Waals surface area contributed by atoms with Crippen molar-refractivity contribution in [1.29, 1.82) is 0 Å². The number of ether oxygens (including phenoxy) is 2. The van der Waals surface area contributed by atoms with Gasteiger partial charge in [-0.2, -0.15) is 0 Å². The van der Waals surface area contributed by atoms with Crippen LogP contribution in [0, 0.1) is 28.9 Å². The minimum absolute atomic E-state index is 0.0898. The lowest BCUT2D eigenvalue weighted by atomic mass is 9.59. The van der Waals surface area contributed by atoms with Gasteiger partial charge in [0, 0.05) is 11.6 Å². The molecular formula is C42H32N2O7. The largest absolute Gasteiger partial charge is 0.497 e. The summed E-state index contributed by atoms with van der Waals surface area (Å²) >= 11 is 0. The Morgan fingerprint density at radius 2 is 1.06 bits per heavy atom. The van der Waals surface area contributed by atoms with Crippen molar-refractivity contribution in [3.63, 3.8) is 0 Å². The number of aryl methyl sites for hydroxylation is 1. The molecule has 0 aromatic heterocycles. The standard InChI is InChI=1S/C42H32N2O7/c1-25-14-19-30(24-33(25)44(48)49)43-38(45)36-37(39(43)46)42(29-12-8-5-9-13-29)35(27-17-22-32(51-3)23-18-27)34(26-15-20-31(50-2)21-16-26)41(36,40(42)47)28-10-6-4-7-11-28/h4-24,36-37H,1-3H3. The van der Waals surface area contributed by atoms with Gasteiger partial charge in [-0.05, 0) is 70.7 Å². The third-order valence-electron chi connectivity index (χ3n) is 10.9. The first-order valence-electron chi connectivity index (χ1n) is 16.5. The third kappa shape index (κ3) is 4.18. The van der Waals surface area contributed by atoms with E-state index in [0.717, 1.165) is 4.90 Å². The van der Waals surface area contributed by atoms with Crippen molar-refractivity contribution >= 4 is 40.1 Å². The minimum atomic E-state index is -1.62. The molecule has 9 nitrogen and oxygen atoms in total. The number of benzene rings is 5. The van der Waals surface area contributed by atoms with Gasteiger partial charge in [-0.3, -0.25) is 24.5 Å². The maximum Gasteiger partial charge on any atom is 0.274 e. The van der Waals surface area contributed by atoms with E-state index >= 15 is 14.4 Å². The van der Waals surface area contributed by atoms with Gasteiger partial charge < -0.3 is 9.47 Å². The number of Topliss-reactive ketones (excluding diaryl/α,β-unsaturated/α-hetero) is 1. The highest BCUT2D eigenvalue weighted by Crippen LogP contribution is 2.74. The second-order valence-corrected chi connectivity index (χ2v) is 13.1. The summed E-state index contributed by atoms with van der Waals surface area (Å²) in [5.41, 5.74) is 0.814. The van der Waals surface area contributed by atoms with Crippen LogP contribution in [-0.2, 0) is 25.2 Å². The van der Waals surface area contributed by atoms with Crippen molar-refractivity contribution in [2.24, 2.45) is 11.8 Å². The molecule has 1 aliphatic heterocycles. The SMILES string of the molecule is COc1ccc(C2=C(c3ccc(OC)cc3)C3(c4ccccc4)C(=O)C2(c2ccccc2)C2C(=O)N(c4ccc(C)c([N+](=O)[O-])c4)C(=O)C23)cc1. The molecule has 0 spiro atoms. The second kappa shape index (κ2) is 11.6. The molecular weight excluding hydrogens is 644 g/mol. The van der Waals surface area contributed by atoms with Crippen LogP contribution in [-0.4, -0.2) is 36.7 Å². The zero-order valence-electron chi connectivity index (χ0n) is 28.0. The summed E-state index contributed by atoms with van der Waals surface area (Å²) in [6.45, 7) is 1.60. The average molecular weight is 677 g/mol. The molecule has 5 aromatic carbocycles. The van der Waals surface area contributed by atoms with E-state index in [9.17, 15) is 10.1 Å². The predicted octanol–water partition coefficient (Wildman–Crippen LogP) is 7.11. The number of carbonyl (C=O) groups is 3. The molecule has 2 amide bonds. The molecule has 252 valence electrons. The molecule has 9 heteroatoms. The maximum absolute atomic E-state index is 16.1. The van der Waals surface area contributed by atoms with E-state index in [1.54, 1.807) is 27.2 Å². The normalized spacial score (nSPS) is 23.5. The summed E-state index contributed by atoms with van der Waals surface area (Å²) in [5, 5.41) is 12.0. The summed E-state index contributed by atoms with van der Waals surface area (Å²) in [6.07, 6.45) is 0. The van der Waals surface area contributed by atoms with Crippen LogP contribution in [0.3, 0.4) is 0 Å². The van der Waals surface area contributed by atoms with E-state index in [1.165, 1.54) is 12.1 Å². The van der Waals surface area contributed by atoms with Gasteiger partial charge in [0.2, 0.25) is 11.8 Å². The Labute approximate surface area is 293 Å². The second-order valence-electron chi connectivity index (χ2n) is 13.1. The molecule has 1 heterocycles. The number of ketones is 1. The van der Waals surface area contributed by atoms with Crippen molar-refractivity contribution in [2.45, 2.75) is 17.8 Å². The fourth-order valence-electron chi connectivity index (χ4n) is 8.83. The lowest BCUT2D eigenvalue weighted by molar-refractivity contribution is -0.385. The van der Waals surface area contributed by atoms with Crippen LogP contribution in [0.5, 0.6) is 11.5 Å². The molecule has 4 unspecified atom stereocenters. The Morgan fingerprint density at radius 1 is 0.627 bits per heavy atom. The molecule has 3 aliphatic rings. The molecule has 5 aromatic rings. The topological polar surface area (TPSA) is 116 Å². The van der Waals surface area contributed by atoms with Gasteiger partial charge in [0.1, 0.15) is 11.5 Å². The van der Waals surface area contributed by atoms with Crippen molar-refractivity contribution in [2.75, 3.05) is 19.1 Å². The molecule has 4 atom stereocenters. The number of methoxy groups -OCH3 is 2. The van der Waals surface area contributed by atoms with Crippen LogP contribution in [0.4, 0.5) is 11.4 Å². The molecule has 1 saturated carbocycles. The van der Waals surface area contributed by atoms with E-state index in [0.29, 0.717) is 50.5 Å². The number of hydrogen-bond acceptors (Lipinski definition) is 7. The number of fused-ring (bicyclic) bond motifs is 5. The lowest BCUT2D eigenvalue weighted by Crippen LogP contribution is -2.45. The van der Waals surface area contributed by atoms with Crippen molar-refractivity contribution in [3.8, 4) is 11.5 Å². The molecule has 0 radical (unpaired) electrons. The lowest BCUT2D eigenvalue weighted by Gasteiger charge is -2.39. The number of rotatable bonds is 8. The van der Waals surface area contributed by atoms with Gasteiger partial charge in [-0.15, -0.1) is 0 Å². The van der Waals surface area contributed by atoms with Gasteiger partial charge in [0.15, 0.2) is 5.78 Å². The quantitative estimate of drug-likeness (QED) is 0.0977. The highest BCUT2D eigenvalue weighted by Gasteiger charge is 2.82. The summed E-state index contributed by atoms with van der Waals surface area (Å²) in [4.78, 5) is 59.0. The smallest absolute Gasteiger partial charge is 0.274 e. The van der Waals surface area contributed by atoms with Gasteiger partial charge >= 0.3 is 0 Å².